The van der Waals surface area contributed by atoms with Crippen LogP contribution in [0, 0.1) is 0 Å². The lowest BCUT2D eigenvalue weighted by atomic mass is 9.95. The van der Waals surface area contributed by atoms with Crippen molar-refractivity contribution >= 4 is 11.9 Å². The summed E-state index contributed by atoms with van der Waals surface area (Å²) < 4.78 is 65.8. The number of methoxy groups -OCH3 is 1. The highest BCUT2D eigenvalue weighted by Gasteiger charge is 2.64. The summed E-state index contributed by atoms with van der Waals surface area (Å²) >= 11 is 0. The van der Waals surface area contributed by atoms with Crippen molar-refractivity contribution in [2.45, 2.75) is 44.3 Å². The topological polar surface area (TPSA) is 55.4 Å². The first-order valence-corrected chi connectivity index (χ1v) is 5.28. The normalized spacial score (nSPS) is 15.6. The fourth-order valence-electron chi connectivity index (χ4n) is 1.40. The van der Waals surface area contributed by atoms with Crippen molar-refractivity contribution in [1.82, 2.24) is 5.32 Å². The molecule has 0 aromatic rings. The van der Waals surface area contributed by atoms with Crippen LogP contribution in [0.2, 0.25) is 0 Å². The molecule has 0 radical (unpaired) electrons. The van der Waals surface area contributed by atoms with Crippen molar-refractivity contribution in [2.75, 3.05) is 7.11 Å². The number of ether oxygens (including phenoxy) is 1. The summed E-state index contributed by atoms with van der Waals surface area (Å²) in [6, 6.07) is 0. The van der Waals surface area contributed by atoms with E-state index in [4.69, 9.17) is 0 Å². The zero-order valence-electron chi connectivity index (χ0n) is 10.5. The molecule has 0 spiro atoms. The van der Waals surface area contributed by atoms with Gasteiger partial charge in [-0.05, 0) is 13.3 Å². The minimum Gasteiger partial charge on any atom is -0.467 e. The molecule has 0 saturated carbocycles. The zero-order valence-corrected chi connectivity index (χ0v) is 10.5. The number of hydrogen-bond donors (Lipinski definition) is 1. The molecule has 1 atom stereocenters. The van der Waals surface area contributed by atoms with Crippen molar-refractivity contribution in [3.8, 4) is 0 Å². The Labute approximate surface area is 106 Å². The molecule has 112 valence electrons. The van der Waals surface area contributed by atoms with Crippen LogP contribution in [0.4, 0.5) is 22.0 Å². The Bertz CT molecular complexity index is 356. The maximum Gasteiger partial charge on any atom is 0.463 e. The Morgan fingerprint density at radius 2 is 1.63 bits per heavy atom. The summed E-state index contributed by atoms with van der Waals surface area (Å²) in [4.78, 5) is 22.4. The van der Waals surface area contributed by atoms with Crippen molar-refractivity contribution < 1.29 is 36.3 Å². The van der Waals surface area contributed by atoms with Crippen molar-refractivity contribution in [1.29, 1.82) is 0 Å². The molecule has 9 heteroatoms. The van der Waals surface area contributed by atoms with E-state index in [1.54, 1.807) is 6.92 Å². The van der Waals surface area contributed by atoms with Gasteiger partial charge in [-0.3, -0.25) is 4.79 Å². The Morgan fingerprint density at radius 3 is 1.95 bits per heavy atom. The van der Waals surface area contributed by atoms with Crippen LogP contribution in [-0.4, -0.2) is 36.6 Å². The number of esters is 1. The number of hydrogen-bond acceptors (Lipinski definition) is 3. The Balaban J connectivity index is 5.18. The molecule has 4 nitrogen and oxygen atoms in total. The minimum atomic E-state index is -6.03. The van der Waals surface area contributed by atoms with Crippen LogP contribution in [0.15, 0.2) is 0 Å². The first-order valence-electron chi connectivity index (χ1n) is 5.28. The summed E-state index contributed by atoms with van der Waals surface area (Å²) in [6.07, 6.45) is -5.90. The predicted octanol–water partition coefficient (Wildman–Crippen LogP) is 2.03. The molecule has 0 aliphatic heterocycles. The third-order valence-electron chi connectivity index (χ3n) is 2.42. The molecule has 0 aromatic carbocycles. The molecule has 0 heterocycles. The number of nitrogens with one attached hydrogen (secondary N) is 1. The maximum atomic E-state index is 12.8. The Morgan fingerprint density at radius 1 is 1.16 bits per heavy atom. The summed E-state index contributed by atoms with van der Waals surface area (Å²) in [6.45, 7) is 2.59. The number of carbonyl (C=O) groups excluding carboxylic acids is 2. The van der Waals surface area contributed by atoms with E-state index in [0.29, 0.717) is 0 Å². The van der Waals surface area contributed by atoms with E-state index >= 15 is 0 Å². The second-order valence-electron chi connectivity index (χ2n) is 4.10. The van der Waals surface area contributed by atoms with Crippen molar-refractivity contribution in [3.05, 3.63) is 0 Å². The van der Waals surface area contributed by atoms with E-state index in [1.165, 1.54) is 5.32 Å². The van der Waals surface area contributed by atoms with Crippen LogP contribution in [-0.2, 0) is 14.3 Å². The van der Waals surface area contributed by atoms with Gasteiger partial charge in [0.1, 0.15) is 5.54 Å². The van der Waals surface area contributed by atoms with E-state index < -0.39 is 29.5 Å². The van der Waals surface area contributed by atoms with Gasteiger partial charge in [0.15, 0.2) is 0 Å². The van der Waals surface area contributed by atoms with E-state index in [9.17, 15) is 31.5 Å². The quantitative estimate of drug-likeness (QED) is 0.623. The minimum absolute atomic E-state index is 0.140. The third kappa shape index (κ3) is 3.77. The molecule has 0 aliphatic rings. The van der Waals surface area contributed by atoms with Gasteiger partial charge in [-0.25, -0.2) is 4.79 Å². The molecule has 0 fully saturated rings. The van der Waals surface area contributed by atoms with Crippen LogP contribution >= 0.6 is 0 Å². The standard InChI is InChI=1S/C10H14F5NO3/c1-4-5-8(2,7(18)19-3)16-6(17)9(11,12)10(13,14)15/h4-5H2,1-3H3,(H,16,17). The fraction of sp³-hybridized carbons (Fsp3) is 0.800. The maximum absolute atomic E-state index is 12.8. The highest BCUT2D eigenvalue weighted by molar-refractivity contribution is 5.91. The highest BCUT2D eigenvalue weighted by Crippen LogP contribution is 2.36. The van der Waals surface area contributed by atoms with Crippen molar-refractivity contribution in [2.24, 2.45) is 0 Å². The molecule has 0 saturated heterocycles. The average Bonchev–Trinajstić information content (AvgIpc) is 2.26. The average molecular weight is 291 g/mol. The van der Waals surface area contributed by atoms with Crippen LogP contribution in [0.3, 0.4) is 0 Å². The highest BCUT2D eigenvalue weighted by atomic mass is 19.4. The Kier molecular flexibility index (Phi) is 5.28. The van der Waals surface area contributed by atoms with Crippen molar-refractivity contribution in [3.63, 3.8) is 0 Å². The van der Waals surface area contributed by atoms with Gasteiger partial charge in [0.25, 0.3) is 0 Å². The molecule has 19 heavy (non-hydrogen) atoms. The van der Waals surface area contributed by atoms with Crippen LogP contribution < -0.4 is 5.32 Å². The second kappa shape index (κ2) is 5.70. The predicted molar refractivity (Wildman–Crippen MR) is 54.5 cm³/mol. The summed E-state index contributed by atoms with van der Waals surface area (Å²) in [5.74, 6) is -9.25. The summed E-state index contributed by atoms with van der Waals surface area (Å²) in [5.41, 5.74) is -1.94. The zero-order chi connectivity index (χ0) is 15.5. The molecule has 0 bridgehead atoms. The molecule has 1 N–H and O–H groups in total. The molecule has 0 aromatic heterocycles. The molecular formula is C10H14F5NO3. The van der Waals surface area contributed by atoms with E-state index in [2.05, 4.69) is 4.74 Å². The Hall–Kier alpha value is -1.41. The van der Waals surface area contributed by atoms with E-state index in [1.807, 2.05) is 0 Å². The number of alkyl halides is 5. The lowest BCUT2D eigenvalue weighted by Crippen LogP contribution is -2.60. The van der Waals surface area contributed by atoms with Gasteiger partial charge in [-0.1, -0.05) is 13.3 Å². The first-order chi connectivity index (χ1) is 8.42. The van der Waals surface area contributed by atoms with Crippen LogP contribution in [0.1, 0.15) is 26.7 Å². The van der Waals surface area contributed by atoms with E-state index in [-0.39, 0.29) is 12.8 Å². The molecule has 0 aliphatic carbocycles. The summed E-state index contributed by atoms with van der Waals surface area (Å²) in [5, 5.41) is 1.41. The van der Waals surface area contributed by atoms with Gasteiger partial charge >= 0.3 is 24.0 Å². The number of amides is 1. The summed E-state index contributed by atoms with van der Waals surface area (Å²) in [7, 11) is 0.935. The number of rotatable bonds is 5. The smallest absolute Gasteiger partial charge is 0.463 e. The lowest BCUT2D eigenvalue weighted by molar-refractivity contribution is -0.270. The second-order valence-corrected chi connectivity index (χ2v) is 4.10. The van der Waals surface area contributed by atoms with Gasteiger partial charge in [-0.15, -0.1) is 0 Å². The van der Waals surface area contributed by atoms with Crippen LogP contribution in [0.5, 0.6) is 0 Å². The number of carbonyl (C=O) groups is 2. The largest absolute Gasteiger partial charge is 0.467 e. The molecule has 1 amide bonds. The van der Waals surface area contributed by atoms with E-state index in [0.717, 1.165) is 14.0 Å². The molecular weight excluding hydrogens is 277 g/mol. The monoisotopic (exact) mass is 291 g/mol. The fourth-order valence-corrected chi connectivity index (χ4v) is 1.40. The van der Waals surface area contributed by atoms with Gasteiger partial charge < -0.3 is 10.1 Å². The van der Waals surface area contributed by atoms with Gasteiger partial charge in [0, 0.05) is 0 Å². The number of halogens is 5. The van der Waals surface area contributed by atoms with Gasteiger partial charge in [0.2, 0.25) is 0 Å². The van der Waals surface area contributed by atoms with Gasteiger partial charge in [-0.2, -0.15) is 22.0 Å². The molecule has 0 rings (SSSR count). The van der Waals surface area contributed by atoms with Crippen LogP contribution in [0.25, 0.3) is 0 Å². The molecule has 1 unspecified atom stereocenters. The van der Waals surface area contributed by atoms with Gasteiger partial charge in [0.05, 0.1) is 7.11 Å². The first kappa shape index (κ1) is 17.6. The SMILES string of the molecule is CCCC(C)(NC(=O)C(F)(F)C(F)(F)F)C(=O)OC. The third-order valence-corrected chi connectivity index (χ3v) is 2.42. The lowest BCUT2D eigenvalue weighted by Gasteiger charge is -2.29.